The zero-order valence-electron chi connectivity index (χ0n) is 58.1. The van der Waals surface area contributed by atoms with Crippen LogP contribution in [-0.4, -0.2) is 123 Å². The first-order valence-electron chi connectivity index (χ1n) is 35.3. The summed E-state index contributed by atoms with van der Waals surface area (Å²) in [5, 5.41) is 2.60. The third-order valence-electron chi connectivity index (χ3n) is 18.1. The number of thioether (sulfide) groups is 1. The van der Waals surface area contributed by atoms with Crippen molar-refractivity contribution < 1.29 is 75.9 Å². The Morgan fingerprint density at radius 1 is 0.340 bits per heavy atom. The smallest absolute Gasteiger partial charge is 0.306 e. The van der Waals surface area contributed by atoms with Crippen LogP contribution in [0.3, 0.4) is 0 Å². The lowest BCUT2D eigenvalue weighted by atomic mass is 9.95. The first-order valence-corrected chi connectivity index (χ1v) is 36.2. The summed E-state index contributed by atoms with van der Waals surface area (Å²) >= 11 is 1.53. The van der Waals surface area contributed by atoms with E-state index in [1.165, 1.54) is 18.8 Å². The van der Waals surface area contributed by atoms with Gasteiger partial charge in [-0.15, -0.1) is 0 Å². The van der Waals surface area contributed by atoms with Gasteiger partial charge in [-0.05, 0) is 63.6 Å². The van der Waals surface area contributed by atoms with E-state index < -0.39 is 97.2 Å². The highest BCUT2D eigenvalue weighted by molar-refractivity contribution is 7.99. The largest absolute Gasteiger partial charge is 0.457 e. The van der Waals surface area contributed by atoms with E-state index in [-0.39, 0.29) is 84.8 Å². The van der Waals surface area contributed by atoms with Gasteiger partial charge in [-0.25, -0.2) is 0 Å². The molecule has 9 aromatic carbocycles. The van der Waals surface area contributed by atoms with Gasteiger partial charge in [-0.2, -0.15) is 0 Å². The van der Waals surface area contributed by atoms with E-state index in [0.29, 0.717) is 0 Å². The average Bonchev–Trinajstić information content (AvgIpc) is 0.763. The minimum absolute atomic E-state index is 0.00554. The molecule has 0 radical (unpaired) electrons. The number of nitrogens with one attached hydrogen (secondary N) is 1. The highest BCUT2D eigenvalue weighted by atomic mass is 32.2. The van der Waals surface area contributed by atoms with Crippen molar-refractivity contribution in [2.24, 2.45) is 0 Å². The van der Waals surface area contributed by atoms with Crippen LogP contribution < -0.4 is 5.32 Å². The minimum Gasteiger partial charge on any atom is -0.457 e. The number of hydrogen-bond donors (Lipinski definition) is 1. The van der Waals surface area contributed by atoms with E-state index in [2.05, 4.69) is 17.4 Å². The average molecular weight is 1410 g/mol. The van der Waals surface area contributed by atoms with Gasteiger partial charge in [0.2, 0.25) is 5.91 Å². The number of ether oxygens (including phenoxy) is 14. The van der Waals surface area contributed by atoms with Gasteiger partial charge < -0.3 is 71.6 Å². The highest BCUT2D eigenvalue weighted by Gasteiger charge is 2.57. The van der Waals surface area contributed by atoms with Gasteiger partial charge >= 0.3 is 5.97 Å². The molecule has 3 aliphatic rings. The predicted molar refractivity (Wildman–Crippen MR) is 389 cm³/mol. The zero-order chi connectivity index (χ0) is 70.6. The fourth-order valence-corrected chi connectivity index (χ4v) is 13.9. The molecule has 9 aromatic rings. The maximum Gasteiger partial charge on any atom is 0.306 e. The molecule has 17 nitrogen and oxygen atoms in total. The molecule has 0 saturated carbocycles. The molecule has 8 unspecified atom stereocenters. The van der Waals surface area contributed by atoms with Gasteiger partial charge in [0.1, 0.15) is 66.5 Å². The second kappa shape index (κ2) is 39.6. The molecule has 3 saturated heterocycles. The monoisotopic (exact) mass is 1410 g/mol. The number of esters is 1. The SMILES string of the molecule is CNC(=O)CCC(=O)O[C@H]1C(C)OC(OC2C(O[C@H]3C(COCc4ccccc4)O[C@@H](Sc4ccccc4)C(OCc4ccccc4)[C@H]3OCc3ccccc3)OC(COCc3ccccc3)[C@H](OCc3ccccc3)[C@@H]2OCc2ccccc2)C(OCc2ccccc2)[C@@H]1OCc1ccccc1. The van der Waals surface area contributed by atoms with Gasteiger partial charge in [0.05, 0.1) is 78.6 Å². The Labute approximate surface area is 608 Å². The molecule has 103 heavy (non-hydrogen) atoms. The number of rotatable bonds is 36. The summed E-state index contributed by atoms with van der Waals surface area (Å²) in [7, 11) is 1.52. The number of carbonyl (C=O) groups excluding carboxylic acids is 2. The van der Waals surface area contributed by atoms with Crippen LogP contribution in [-0.2, 0) is 129 Å². The Balaban J connectivity index is 1.01. The lowest BCUT2D eigenvalue weighted by molar-refractivity contribution is -0.392. The van der Waals surface area contributed by atoms with Crippen molar-refractivity contribution in [3.63, 3.8) is 0 Å². The zero-order valence-corrected chi connectivity index (χ0v) is 58.9. The first kappa shape index (κ1) is 74.5. The summed E-state index contributed by atoms with van der Waals surface area (Å²) < 4.78 is 102. The van der Waals surface area contributed by atoms with Crippen LogP contribution in [0.5, 0.6) is 0 Å². The van der Waals surface area contributed by atoms with Crippen LogP contribution in [0.2, 0.25) is 0 Å². The molecule has 1 N–H and O–H groups in total. The van der Waals surface area contributed by atoms with Crippen LogP contribution in [0, 0.1) is 0 Å². The van der Waals surface area contributed by atoms with Crippen molar-refractivity contribution in [1.82, 2.24) is 5.32 Å². The van der Waals surface area contributed by atoms with Crippen molar-refractivity contribution in [3.05, 3.63) is 317 Å². The Morgan fingerprint density at radius 2 is 0.660 bits per heavy atom. The molecule has 1 amide bonds. The number of benzene rings is 9. The fraction of sp³-hybridized carbons (Fsp3) is 0.341. The molecule has 3 fully saturated rings. The number of hydrogen-bond acceptors (Lipinski definition) is 17. The Hall–Kier alpha value is -8.25. The van der Waals surface area contributed by atoms with E-state index in [0.717, 1.165) is 49.4 Å². The minimum atomic E-state index is -1.42. The van der Waals surface area contributed by atoms with E-state index in [4.69, 9.17) is 66.3 Å². The van der Waals surface area contributed by atoms with E-state index >= 15 is 0 Å². The molecule has 0 bridgehead atoms. The van der Waals surface area contributed by atoms with Crippen molar-refractivity contribution in [1.29, 1.82) is 0 Å². The lowest BCUT2D eigenvalue weighted by Crippen LogP contribution is -2.68. The molecule has 15 atom stereocenters. The van der Waals surface area contributed by atoms with Crippen molar-refractivity contribution >= 4 is 23.6 Å². The third kappa shape index (κ3) is 22.2. The van der Waals surface area contributed by atoms with Gasteiger partial charge in [0.25, 0.3) is 0 Å². The summed E-state index contributed by atoms with van der Waals surface area (Å²) in [6, 6.07) is 89.3. The Kier molecular flexibility index (Phi) is 28.6. The molecule has 3 heterocycles. The maximum absolute atomic E-state index is 14.1. The summed E-state index contributed by atoms with van der Waals surface area (Å²) in [5.74, 6) is -0.940. The fourth-order valence-electron chi connectivity index (χ4n) is 12.7. The quantitative estimate of drug-likeness (QED) is 0.0367. The highest BCUT2D eigenvalue weighted by Crippen LogP contribution is 2.42. The lowest BCUT2D eigenvalue weighted by Gasteiger charge is -2.52. The topological polar surface area (TPSA) is 175 Å². The van der Waals surface area contributed by atoms with Crippen molar-refractivity contribution in [3.8, 4) is 0 Å². The number of carbonyl (C=O) groups is 2. The van der Waals surface area contributed by atoms with Crippen LogP contribution >= 0.6 is 11.8 Å². The van der Waals surface area contributed by atoms with Crippen molar-refractivity contribution in [2.45, 2.75) is 169 Å². The van der Waals surface area contributed by atoms with Crippen LogP contribution in [0.4, 0.5) is 0 Å². The second-order valence-electron chi connectivity index (χ2n) is 25.6. The summed E-state index contributed by atoms with van der Waals surface area (Å²) in [4.78, 5) is 27.7. The molecule has 12 rings (SSSR count). The number of amides is 1. The molecular formula is C85H91NO16S. The normalized spacial score (nSPS) is 24.8. The van der Waals surface area contributed by atoms with Crippen LogP contribution in [0.15, 0.2) is 278 Å². The third-order valence-corrected chi connectivity index (χ3v) is 19.2. The maximum atomic E-state index is 14.1. The predicted octanol–water partition coefficient (Wildman–Crippen LogP) is 14.1. The molecule has 0 aliphatic carbocycles. The molecule has 0 aromatic heterocycles. The van der Waals surface area contributed by atoms with Gasteiger partial charge in [0.15, 0.2) is 18.7 Å². The van der Waals surface area contributed by atoms with Crippen molar-refractivity contribution in [2.75, 3.05) is 20.3 Å². The van der Waals surface area contributed by atoms with Crippen LogP contribution in [0.25, 0.3) is 0 Å². The molecular weight excluding hydrogens is 1320 g/mol. The molecule has 18 heteroatoms. The molecule has 538 valence electrons. The van der Waals surface area contributed by atoms with E-state index in [1.807, 2.05) is 261 Å². The molecule has 0 spiro atoms. The van der Waals surface area contributed by atoms with Gasteiger partial charge in [0, 0.05) is 18.4 Å². The van der Waals surface area contributed by atoms with Crippen LogP contribution in [0.1, 0.15) is 64.3 Å². The Bertz CT molecular complexity index is 3870. The van der Waals surface area contributed by atoms with Gasteiger partial charge in [-0.3, -0.25) is 9.59 Å². The summed E-state index contributed by atoms with van der Waals surface area (Å²) in [5.41, 5.74) is 6.56. The van der Waals surface area contributed by atoms with Gasteiger partial charge in [-0.1, -0.05) is 273 Å². The summed E-state index contributed by atoms with van der Waals surface area (Å²) in [6.07, 6.45) is -15.2. The molecule has 3 aliphatic heterocycles. The standard InChI is InChI=1S/C85H91NO16S/c1-60-74(100-73(88)49-48-72(87)86-2)77(92-53-64-36-18-6-19-37-64)80(95-56-67-42-24-9-25-43-67)83(97-60)102-81-78(93-54-65-38-20-7-21-39-65)75(91-52-63-34-16-5-17-35-63)70(58-89-50-61-30-12-3-13-31-61)98-84(81)101-76-71(59-90-51-62-32-14-4-15-33-62)99-85(103-69-46-28-11-29-47-69)82(96-57-68-44-26-10-27-45-68)79(76)94-55-66-40-22-8-23-41-66/h3-47,60,70-71,74-85H,48-59H2,1-2H3,(H,86,87)/t60?,70?,71?,74-,75-,76-,77+,78-,79-,80?,81?,82?,83?,84?,85-/m0/s1. The first-order chi connectivity index (χ1) is 50.8. The summed E-state index contributed by atoms with van der Waals surface area (Å²) in [6.45, 7) is 3.08. The van der Waals surface area contributed by atoms with E-state index in [9.17, 15) is 9.59 Å². The Morgan fingerprint density at radius 3 is 1.07 bits per heavy atom. The second-order valence-corrected chi connectivity index (χ2v) is 26.8. The van der Waals surface area contributed by atoms with E-state index in [1.54, 1.807) is 6.92 Å².